The van der Waals surface area contributed by atoms with Crippen molar-refractivity contribution in [3.63, 3.8) is 0 Å². The zero-order chi connectivity index (χ0) is 22.9. The molecule has 0 spiro atoms. The summed E-state index contributed by atoms with van der Waals surface area (Å²) in [5.74, 6) is 0.798. The molecule has 2 aromatic heterocycles. The van der Waals surface area contributed by atoms with E-state index in [0.717, 1.165) is 40.3 Å². The number of unbranched alkanes of at least 4 members (excludes halogenated alkanes) is 1. The van der Waals surface area contributed by atoms with E-state index in [4.69, 9.17) is 5.73 Å². The monoisotopic (exact) mass is 456 g/mol. The smallest absolute Gasteiger partial charge is 0.224 e. The zero-order valence-corrected chi connectivity index (χ0v) is 20.2. The van der Waals surface area contributed by atoms with Gasteiger partial charge in [-0.2, -0.15) is 0 Å². The van der Waals surface area contributed by atoms with Crippen molar-refractivity contribution in [2.75, 3.05) is 11.9 Å². The van der Waals surface area contributed by atoms with Gasteiger partial charge < -0.3 is 16.0 Å². The molecule has 0 saturated carbocycles. The number of fused-ring (bicyclic) bond motifs is 1. The van der Waals surface area contributed by atoms with E-state index in [-0.39, 0.29) is 11.8 Å². The normalized spacial score (nSPS) is 14.2. The fourth-order valence-corrected chi connectivity index (χ4v) is 5.53. The van der Waals surface area contributed by atoms with Crippen LogP contribution in [0.1, 0.15) is 73.9 Å². The largest absolute Gasteiger partial charge is 0.337 e. The van der Waals surface area contributed by atoms with Gasteiger partial charge in [-0.25, -0.2) is 0 Å². The number of hydrogen-bond donors (Lipinski definition) is 2. The topological polar surface area (TPSA) is 88.3 Å². The van der Waals surface area contributed by atoms with Crippen LogP contribution in [-0.2, 0) is 35.5 Å². The number of nitrogens with zero attached hydrogens (tertiary/aromatic N) is 2. The Balaban J connectivity index is 1.56. The lowest BCUT2D eigenvalue weighted by Gasteiger charge is -2.27. The molecular formula is C25H36N4O2S. The van der Waals surface area contributed by atoms with Crippen LogP contribution in [0.5, 0.6) is 0 Å². The lowest BCUT2D eigenvalue weighted by atomic mass is 9.99. The Labute approximate surface area is 195 Å². The summed E-state index contributed by atoms with van der Waals surface area (Å²) in [6, 6.07) is 3.90. The van der Waals surface area contributed by atoms with Gasteiger partial charge in [0.25, 0.3) is 0 Å². The first-order chi connectivity index (χ1) is 15.5. The van der Waals surface area contributed by atoms with E-state index in [1.807, 2.05) is 17.0 Å². The lowest BCUT2D eigenvalue weighted by Crippen LogP contribution is -2.35. The number of carbonyl (C=O) groups is 2. The van der Waals surface area contributed by atoms with Crippen molar-refractivity contribution in [2.45, 2.75) is 78.3 Å². The first-order valence-electron chi connectivity index (χ1n) is 11.8. The molecular weight excluding hydrogens is 420 g/mol. The second-order valence-electron chi connectivity index (χ2n) is 8.77. The second kappa shape index (κ2) is 12.1. The van der Waals surface area contributed by atoms with Crippen molar-refractivity contribution in [3.8, 4) is 0 Å². The third kappa shape index (κ3) is 6.62. The number of carbonyl (C=O) groups excluding carboxylic acids is 2. The van der Waals surface area contributed by atoms with Crippen LogP contribution in [0.4, 0.5) is 5.00 Å². The highest BCUT2D eigenvalue weighted by molar-refractivity contribution is 7.16. The van der Waals surface area contributed by atoms with E-state index in [1.165, 1.54) is 24.8 Å². The number of aryl methyl sites for hydroxylation is 1. The van der Waals surface area contributed by atoms with Gasteiger partial charge in [-0.15, -0.1) is 11.3 Å². The van der Waals surface area contributed by atoms with Crippen molar-refractivity contribution in [1.29, 1.82) is 0 Å². The molecule has 6 nitrogen and oxygen atoms in total. The predicted octanol–water partition coefficient (Wildman–Crippen LogP) is 4.66. The van der Waals surface area contributed by atoms with Crippen molar-refractivity contribution in [3.05, 3.63) is 46.1 Å². The van der Waals surface area contributed by atoms with Crippen LogP contribution in [0.25, 0.3) is 0 Å². The maximum Gasteiger partial charge on any atom is 0.224 e. The molecule has 0 radical (unpaired) electrons. The number of nitrogens with one attached hydrogen (secondary N) is 1. The minimum atomic E-state index is 0.0620. The summed E-state index contributed by atoms with van der Waals surface area (Å²) in [7, 11) is 0. The van der Waals surface area contributed by atoms with E-state index in [1.54, 1.807) is 23.7 Å². The third-order valence-electron chi connectivity index (χ3n) is 6.27. The van der Waals surface area contributed by atoms with Crippen LogP contribution >= 0.6 is 11.3 Å². The third-order valence-corrected chi connectivity index (χ3v) is 7.44. The SMILES string of the molecule is CCCCC(C)CCC(=O)Nc1sc2c(c1CN)CCN(C(=O)CCc1ccncc1)C2. The molecule has 0 fully saturated rings. The molecule has 0 bridgehead atoms. The molecule has 0 aromatic carbocycles. The maximum absolute atomic E-state index is 12.8. The van der Waals surface area contributed by atoms with Gasteiger partial charge in [0.05, 0.1) is 11.5 Å². The molecule has 1 aliphatic heterocycles. The van der Waals surface area contributed by atoms with E-state index >= 15 is 0 Å². The van der Waals surface area contributed by atoms with Gasteiger partial charge in [0.15, 0.2) is 0 Å². The number of thiophene rings is 1. The molecule has 32 heavy (non-hydrogen) atoms. The average Bonchev–Trinajstić information content (AvgIpc) is 3.16. The Kier molecular flexibility index (Phi) is 9.23. The molecule has 2 amide bonds. The summed E-state index contributed by atoms with van der Waals surface area (Å²) in [5, 5.41) is 3.98. The Morgan fingerprint density at radius 2 is 2.03 bits per heavy atom. The predicted molar refractivity (Wildman–Crippen MR) is 130 cm³/mol. The maximum atomic E-state index is 12.8. The number of nitrogens with two attached hydrogens (primary N) is 1. The fourth-order valence-electron chi connectivity index (χ4n) is 4.22. The van der Waals surface area contributed by atoms with E-state index < -0.39 is 0 Å². The van der Waals surface area contributed by atoms with Gasteiger partial charge in [0.2, 0.25) is 11.8 Å². The minimum Gasteiger partial charge on any atom is -0.337 e. The number of rotatable bonds is 11. The van der Waals surface area contributed by atoms with E-state index in [2.05, 4.69) is 24.1 Å². The first-order valence-corrected chi connectivity index (χ1v) is 12.6. The zero-order valence-electron chi connectivity index (χ0n) is 19.4. The molecule has 0 aliphatic carbocycles. The molecule has 1 aliphatic rings. The highest BCUT2D eigenvalue weighted by Gasteiger charge is 2.26. The molecule has 2 aromatic rings. The number of anilines is 1. The summed E-state index contributed by atoms with van der Waals surface area (Å²) >= 11 is 1.58. The number of amides is 2. The second-order valence-corrected chi connectivity index (χ2v) is 9.88. The van der Waals surface area contributed by atoms with Crippen LogP contribution in [0, 0.1) is 5.92 Å². The first kappa shape index (κ1) is 24.4. The van der Waals surface area contributed by atoms with Gasteiger partial charge in [-0.05, 0) is 48.4 Å². The van der Waals surface area contributed by atoms with Crippen molar-refractivity contribution < 1.29 is 9.59 Å². The molecule has 1 unspecified atom stereocenters. The van der Waals surface area contributed by atoms with Gasteiger partial charge >= 0.3 is 0 Å². The summed E-state index contributed by atoms with van der Waals surface area (Å²) < 4.78 is 0. The van der Waals surface area contributed by atoms with Crippen LogP contribution < -0.4 is 11.1 Å². The summed E-state index contributed by atoms with van der Waals surface area (Å²) in [6.07, 6.45) is 10.6. The summed E-state index contributed by atoms with van der Waals surface area (Å²) in [5.41, 5.74) is 9.44. The Bertz CT molecular complexity index is 897. The van der Waals surface area contributed by atoms with Crippen molar-refractivity contribution in [1.82, 2.24) is 9.88 Å². The number of pyridine rings is 1. The minimum absolute atomic E-state index is 0.0620. The molecule has 174 valence electrons. The van der Waals surface area contributed by atoms with E-state index in [9.17, 15) is 9.59 Å². The molecule has 3 rings (SSSR count). The molecule has 1 atom stereocenters. The fraction of sp³-hybridized carbons (Fsp3) is 0.560. The van der Waals surface area contributed by atoms with E-state index in [0.29, 0.717) is 38.4 Å². The standard InChI is InChI=1S/C25H36N4O2S/c1-3-4-5-18(2)6-8-23(30)28-25-21(16-26)20-12-15-29(17-22(20)32-25)24(31)9-7-19-10-13-27-14-11-19/h10-11,13-14,18H,3-9,12,15-17,26H2,1-2H3,(H,28,30). The lowest BCUT2D eigenvalue weighted by molar-refractivity contribution is -0.132. The highest BCUT2D eigenvalue weighted by Crippen LogP contribution is 2.37. The Morgan fingerprint density at radius 3 is 2.75 bits per heavy atom. The van der Waals surface area contributed by atoms with Gasteiger partial charge in [0, 0.05) is 48.8 Å². The molecule has 7 heteroatoms. The summed E-state index contributed by atoms with van der Waals surface area (Å²) in [4.78, 5) is 32.4. The van der Waals surface area contributed by atoms with Crippen LogP contribution in [0.3, 0.4) is 0 Å². The van der Waals surface area contributed by atoms with Crippen LogP contribution in [0.15, 0.2) is 24.5 Å². The van der Waals surface area contributed by atoms with Crippen LogP contribution in [0.2, 0.25) is 0 Å². The molecule has 3 N–H and O–H groups in total. The van der Waals surface area contributed by atoms with Gasteiger partial charge in [-0.3, -0.25) is 14.6 Å². The molecule has 0 saturated heterocycles. The van der Waals surface area contributed by atoms with Crippen molar-refractivity contribution >= 4 is 28.2 Å². The Hall–Kier alpha value is -2.25. The van der Waals surface area contributed by atoms with Gasteiger partial charge in [-0.1, -0.05) is 33.1 Å². The Morgan fingerprint density at radius 1 is 1.25 bits per heavy atom. The quantitative estimate of drug-likeness (QED) is 0.514. The van der Waals surface area contributed by atoms with Crippen molar-refractivity contribution in [2.24, 2.45) is 11.7 Å². The van der Waals surface area contributed by atoms with Gasteiger partial charge in [0.1, 0.15) is 0 Å². The highest BCUT2D eigenvalue weighted by atomic mass is 32.1. The molecule has 3 heterocycles. The summed E-state index contributed by atoms with van der Waals surface area (Å²) in [6.45, 7) is 6.13. The number of hydrogen-bond acceptors (Lipinski definition) is 5. The number of aromatic nitrogens is 1. The average molecular weight is 457 g/mol. The van der Waals surface area contributed by atoms with Crippen LogP contribution in [-0.4, -0.2) is 28.2 Å².